The summed E-state index contributed by atoms with van der Waals surface area (Å²) in [4.78, 5) is 9.07. The molecule has 0 aliphatic carbocycles. The normalized spacial score (nSPS) is 11.6. The summed E-state index contributed by atoms with van der Waals surface area (Å²) in [5.74, 6) is 0. The fourth-order valence-corrected chi connectivity index (χ4v) is 3.67. The van der Waals surface area contributed by atoms with Crippen molar-refractivity contribution >= 4 is 29.0 Å². The summed E-state index contributed by atoms with van der Waals surface area (Å²) in [6.07, 6.45) is 4.99. The van der Waals surface area contributed by atoms with Crippen LogP contribution in [0.5, 0.6) is 0 Å². The molecule has 2 aromatic heterocycles. The topological polar surface area (TPSA) is 37.8 Å². The third-order valence-corrected chi connectivity index (χ3v) is 5.28. The first-order valence-electron chi connectivity index (χ1n) is 8.46. The summed E-state index contributed by atoms with van der Waals surface area (Å²) < 4.78 is 39.0. The third kappa shape index (κ3) is 5.71. The van der Waals surface area contributed by atoms with Gasteiger partial charge >= 0.3 is 5.51 Å². The number of hydrogen-bond donors (Lipinski definition) is 1. The fraction of sp³-hybridized carbons (Fsp3) is 0.263. The molecule has 0 unspecified atom stereocenters. The molecule has 1 N–H and O–H groups in total. The predicted molar refractivity (Wildman–Crippen MR) is 107 cm³/mol. The molecule has 2 heterocycles. The average molecular weight is 410 g/mol. The van der Waals surface area contributed by atoms with Crippen LogP contribution in [0.3, 0.4) is 0 Å². The second kappa shape index (κ2) is 8.75. The van der Waals surface area contributed by atoms with Crippen LogP contribution in [0.1, 0.15) is 25.5 Å². The van der Waals surface area contributed by atoms with Crippen LogP contribution < -0.4 is 4.72 Å². The van der Waals surface area contributed by atoms with Crippen molar-refractivity contribution < 1.29 is 13.2 Å². The molecule has 0 radical (unpaired) electrons. The lowest BCUT2D eigenvalue weighted by molar-refractivity contribution is -0.0323. The number of nitrogens with zero attached hydrogens (tertiary/aromatic N) is 2. The van der Waals surface area contributed by atoms with E-state index in [1.807, 2.05) is 11.4 Å². The van der Waals surface area contributed by atoms with E-state index in [0.29, 0.717) is 5.69 Å². The van der Waals surface area contributed by atoms with E-state index < -0.39 is 5.51 Å². The largest absolute Gasteiger partial charge is 0.461 e. The van der Waals surface area contributed by atoms with Gasteiger partial charge < -0.3 is 4.72 Å². The first-order chi connectivity index (χ1) is 12.9. The number of unbranched alkanes of at least 4 members (excludes halogenated alkanes) is 1. The monoisotopic (exact) mass is 409 g/mol. The molecule has 0 bridgehead atoms. The van der Waals surface area contributed by atoms with Gasteiger partial charge in [0.05, 0.1) is 17.6 Å². The van der Waals surface area contributed by atoms with Crippen LogP contribution >= 0.6 is 23.3 Å². The number of alkyl halides is 3. The molecule has 0 aliphatic heterocycles. The zero-order chi connectivity index (χ0) is 19.3. The lowest BCUT2D eigenvalue weighted by Gasteiger charge is -2.08. The summed E-state index contributed by atoms with van der Waals surface area (Å²) in [6, 6.07) is 10.8. The Morgan fingerprint density at radius 2 is 1.89 bits per heavy atom. The molecular weight excluding hydrogens is 391 g/mol. The number of aromatic nitrogens is 2. The minimum atomic E-state index is -4.32. The van der Waals surface area contributed by atoms with Crippen LogP contribution in [0, 0.1) is 0 Å². The van der Waals surface area contributed by atoms with Crippen molar-refractivity contribution in [1.29, 1.82) is 0 Å². The quantitative estimate of drug-likeness (QED) is 0.436. The lowest BCUT2D eigenvalue weighted by atomic mass is 10.1. The van der Waals surface area contributed by atoms with Gasteiger partial charge in [0.15, 0.2) is 0 Å². The molecule has 27 heavy (non-hydrogen) atoms. The number of halogens is 3. The SMILES string of the molecule is CCCCc1cc(-c2nc(-c3ccc(NSC(F)(F)F)cc3)cs2)ccn1. The number of thiazole rings is 1. The van der Waals surface area contributed by atoms with Crippen molar-refractivity contribution in [3.63, 3.8) is 0 Å². The van der Waals surface area contributed by atoms with Gasteiger partial charge in [-0.25, -0.2) is 4.98 Å². The Labute approximate surface area is 164 Å². The molecule has 8 heteroatoms. The molecule has 3 rings (SSSR count). The van der Waals surface area contributed by atoms with Gasteiger partial charge in [-0.05, 0) is 37.1 Å². The Morgan fingerprint density at radius 1 is 1.11 bits per heavy atom. The van der Waals surface area contributed by atoms with Crippen molar-refractivity contribution in [3.8, 4) is 21.8 Å². The summed E-state index contributed by atoms with van der Waals surface area (Å²) in [5.41, 5.74) is -0.164. The van der Waals surface area contributed by atoms with E-state index >= 15 is 0 Å². The molecule has 0 saturated heterocycles. The van der Waals surface area contributed by atoms with Gasteiger partial charge in [0, 0.05) is 34.1 Å². The second-order valence-electron chi connectivity index (χ2n) is 5.90. The van der Waals surface area contributed by atoms with Gasteiger partial charge in [0.25, 0.3) is 0 Å². The first-order valence-corrected chi connectivity index (χ1v) is 10.2. The first kappa shape index (κ1) is 19.7. The molecule has 3 nitrogen and oxygen atoms in total. The van der Waals surface area contributed by atoms with Crippen LogP contribution in [-0.4, -0.2) is 15.5 Å². The van der Waals surface area contributed by atoms with E-state index in [0.717, 1.165) is 46.8 Å². The molecule has 142 valence electrons. The van der Waals surface area contributed by atoms with E-state index in [1.165, 1.54) is 0 Å². The summed E-state index contributed by atoms with van der Waals surface area (Å²) in [6.45, 7) is 2.15. The maximum Gasteiger partial charge on any atom is 0.461 e. The lowest BCUT2D eigenvalue weighted by Crippen LogP contribution is -2.04. The highest BCUT2D eigenvalue weighted by molar-refractivity contribution is 8.01. The standard InChI is InChI=1S/C19H18F3N3S2/c1-2-3-4-16-11-14(9-10-23-16)18-24-17(12-26-18)13-5-7-15(8-6-13)25-27-19(20,21)22/h5-12,25H,2-4H2,1H3. The summed E-state index contributed by atoms with van der Waals surface area (Å²) in [5, 5.41) is 2.86. The summed E-state index contributed by atoms with van der Waals surface area (Å²) >= 11 is 1.27. The molecule has 0 fully saturated rings. The highest BCUT2D eigenvalue weighted by Gasteiger charge is 2.28. The van der Waals surface area contributed by atoms with Gasteiger partial charge in [0.2, 0.25) is 0 Å². The molecule has 0 atom stereocenters. The minimum Gasteiger partial charge on any atom is -0.323 e. The molecule has 0 saturated carbocycles. The van der Waals surface area contributed by atoms with E-state index in [9.17, 15) is 13.2 Å². The van der Waals surface area contributed by atoms with Gasteiger partial charge in [0.1, 0.15) is 5.01 Å². The maximum absolute atomic E-state index is 12.2. The molecular formula is C19H18F3N3S2. The summed E-state index contributed by atoms with van der Waals surface area (Å²) in [7, 11) is 0. The zero-order valence-electron chi connectivity index (χ0n) is 14.6. The number of rotatable bonds is 7. The van der Waals surface area contributed by atoms with Crippen LogP contribution in [0.15, 0.2) is 48.0 Å². The number of nitrogens with one attached hydrogen (secondary N) is 1. The molecule has 1 aromatic carbocycles. The van der Waals surface area contributed by atoms with Crippen molar-refractivity contribution in [2.24, 2.45) is 0 Å². The van der Waals surface area contributed by atoms with E-state index in [4.69, 9.17) is 0 Å². The third-order valence-electron chi connectivity index (χ3n) is 3.82. The Morgan fingerprint density at radius 3 is 2.59 bits per heavy atom. The number of aryl methyl sites for hydroxylation is 1. The van der Waals surface area contributed by atoms with Gasteiger partial charge in [-0.2, -0.15) is 13.2 Å². The average Bonchev–Trinajstić information content (AvgIpc) is 3.15. The molecule has 3 aromatic rings. The molecule has 0 aliphatic rings. The minimum absolute atomic E-state index is 0.273. The maximum atomic E-state index is 12.2. The van der Waals surface area contributed by atoms with E-state index in [1.54, 1.807) is 41.8 Å². The van der Waals surface area contributed by atoms with E-state index in [-0.39, 0.29) is 11.9 Å². The van der Waals surface area contributed by atoms with Gasteiger partial charge in [-0.15, -0.1) is 11.3 Å². The van der Waals surface area contributed by atoms with Crippen LogP contribution in [-0.2, 0) is 6.42 Å². The zero-order valence-corrected chi connectivity index (χ0v) is 16.2. The number of pyridine rings is 1. The Balaban J connectivity index is 1.72. The van der Waals surface area contributed by atoms with Crippen LogP contribution in [0.4, 0.5) is 18.9 Å². The number of anilines is 1. The fourth-order valence-electron chi connectivity index (χ4n) is 2.47. The Hall–Kier alpha value is -2.06. The van der Waals surface area contributed by atoms with Crippen molar-refractivity contribution in [2.75, 3.05) is 4.72 Å². The van der Waals surface area contributed by atoms with Gasteiger partial charge in [-0.3, -0.25) is 4.98 Å². The van der Waals surface area contributed by atoms with Crippen LogP contribution in [0.2, 0.25) is 0 Å². The highest BCUT2D eigenvalue weighted by Crippen LogP contribution is 2.33. The second-order valence-corrected chi connectivity index (χ2v) is 7.63. The van der Waals surface area contributed by atoms with Gasteiger partial charge in [-0.1, -0.05) is 25.5 Å². The smallest absolute Gasteiger partial charge is 0.323 e. The van der Waals surface area contributed by atoms with Crippen molar-refractivity contribution in [3.05, 3.63) is 53.7 Å². The van der Waals surface area contributed by atoms with Crippen molar-refractivity contribution in [1.82, 2.24) is 9.97 Å². The van der Waals surface area contributed by atoms with Crippen molar-refractivity contribution in [2.45, 2.75) is 31.7 Å². The molecule has 0 amide bonds. The predicted octanol–water partition coefficient (Wildman–Crippen LogP) is 6.79. The van der Waals surface area contributed by atoms with E-state index in [2.05, 4.69) is 27.7 Å². The Bertz CT molecular complexity index is 876. The number of hydrogen-bond acceptors (Lipinski definition) is 5. The van der Waals surface area contributed by atoms with Crippen LogP contribution in [0.25, 0.3) is 21.8 Å². The molecule has 0 spiro atoms. The Kier molecular flexibility index (Phi) is 6.38. The number of benzene rings is 1. The highest BCUT2D eigenvalue weighted by atomic mass is 32.2.